The van der Waals surface area contributed by atoms with E-state index in [2.05, 4.69) is 5.32 Å². The number of hydrogen-bond donors (Lipinski definition) is 1. The van der Waals surface area contributed by atoms with E-state index in [1.807, 2.05) is 67.6 Å². The van der Waals surface area contributed by atoms with Gasteiger partial charge in [-0.2, -0.15) is 0 Å². The number of anilines is 1. The Balaban J connectivity index is 1.72. The number of para-hydroxylation sites is 2. The lowest BCUT2D eigenvalue weighted by molar-refractivity contribution is -0.140. The number of nitrogens with one attached hydrogen (secondary N) is 1. The molecule has 1 aliphatic rings. The van der Waals surface area contributed by atoms with Crippen molar-refractivity contribution < 1.29 is 22.7 Å². The van der Waals surface area contributed by atoms with Gasteiger partial charge in [-0.3, -0.25) is 13.9 Å². The number of sulfonamides is 1. The SMILES string of the molecule is CCOc1ccccc1N(CC(=O)N(Cc1ccccc1)[C@@H](Cc1ccccc1)C(=O)NC1CCCCC1)S(C)(=O)=O. The van der Waals surface area contributed by atoms with E-state index >= 15 is 0 Å². The van der Waals surface area contributed by atoms with Crippen LogP contribution in [0.25, 0.3) is 0 Å². The Labute approximate surface area is 249 Å². The first kappa shape index (κ1) is 31.1. The van der Waals surface area contributed by atoms with E-state index in [4.69, 9.17) is 4.74 Å². The van der Waals surface area contributed by atoms with Gasteiger partial charge in [0.25, 0.3) is 0 Å². The fourth-order valence-electron chi connectivity index (χ4n) is 5.41. The van der Waals surface area contributed by atoms with Gasteiger partial charge in [0.05, 0.1) is 18.6 Å². The van der Waals surface area contributed by atoms with Gasteiger partial charge in [0.2, 0.25) is 21.8 Å². The first-order valence-corrected chi connectivity index (χ1v) is 16.5. The molecule has 1 aliphatic carbocycles. The van der Waals surface area contributed by atoms with Crippen LogP contribution in [0.15, 0.2) is 84.9 Å². The molecule has 0 aromatic heterocycles. The standard InChI is InChI=1S/C33H41N3O5S/c1-3-41-31-22-14-13-21-29(31)36(42(2,39)40)25-32(37)35(24-27-17-9-5-10-18-27)30(23-26-15-7-4-8-16-26)33(38)34-28-19-11-6-12-20-28/h4-5,7-10,13-18,21-22,28,30H,3,6,11-12,19-20,23-25H2,1-2H3,(H,34,38)/t30-/m0/s1. The molecule has 1 N–H and O–H groups in total. The maximum Gasteiger partial charge on any atom is 0.244 e. The van der Waals surface area contributed by atoms with Crippen molar-refractivity contribution in [3.63, 3.8) is 0 Å². The third-order valence-electron chi connectivity index (χ3n) is 7.53. The molecule has 224 valence electrons. The smallest absolute Gasteiger partial charge is 0.244 e. The van der Waals surface area contributed by atoms with Crippen LogP contribution in [0.1, 0.15) is 50.2 Å². The molecular weight excluding hydrogens is 550 g/mol. The van der Waals surface area contributed by atoms with Gasteiger partial charge < -0.3 is 15.0 Å². The summed E-state index contributed by atoms with van der Waals surface area (Å²) in [5.41, 5.74) is 2.03. The molecule has 0 aliphatic heterocycles. The Morgan fingerprint density at radius 3 is 2.10 bits per heavy atom. The minimum Gasteiger partial charge on any atom is -0.492 e. The first-order chi connectivity index (χ1) is 20.3. The summed E-state index contributed by atoms with van der Waals surface area (Å²) in [6.45, 7) is 1.83. The molecule has 0 saturated heterocycles. The van der Waals surface area contributed by atoms with E-state index in [0.717, 1.165) is 53.8 Å². The summed E-state index contributed by atoms with van der Waals surface area (Å²) >= 11 is 0. The van der Waals surface area contributed by atoms with Crippen LogP contribution < -0.4 is 14.4 Å². The Morgan fingerprint density at radius 2 is 1.48 bits per heavy atom. The molecule has 0 unspecified atom stereocenters. The molecule has 1 saturated carbocycles. The van der Waals surface area contributed by atoms with Crippen LogP contribution in [0.5, 0.6) is 5.75 Å². The summed E-state index contributed by atoms with van der Waals surface area (Å²) in [6.07, 6.45) is 6.46. The minimum absolute atomic E-state index is 0.0591. The molecule has 0 spiro atoms. The van der Waals surface area contributed by atoms with Gasteiger partial charge in [0, 0.05) is 19.0 Å². The third kappa shape index (κ3) is 8.58. The highest BCUT2D eigenvalue weighted by Gasteiger charge is 2.34. The summed E-state index contributed by atoms with van der Waals surface area (Å²) in [6, 6.07) is 25.0. The van der Waals surface area contributed by atoms with Gasteiger partial charge in [-0.15, -0.1) is 0 Å². The lowest BCUT2D eigenvalue weighted by Crippen LogP contribution is -2.55. The first-order valence-electron chi connectivity index (χ1n) is 14.6. The van der Waals surface area contributed by atoms with Crippen molar-refractivity contribution in [1.29, 1.82) is 0 Å². The largest absolute Gasteiger partial charge is 0.492 e. The Kier molecular flexibility index (Phi) is 11.0. The van der Waals surface area contributed by atoms with Crippen molar-refractivity contribution in [2.45, 2.75) is 64.1 Å². The van der Waals surface area contributed by atoms with Crippen LogP contribution in [0.3, 0.4) is 0 Å². The zero-order chi connectivity index (χ0) is 30.0. The van der Waals surface area contributed by atoms with Crippen molar-refractivity contribution in [2.75, 3.05) is 23.7 Å². The Morgan fingerprint density at radius 1 is 0.881 bits per heavy atom. The molecule has 42 heavy (non-hydrogen) atoms. The monoisotopic (exact) mass is 591 g/mol. The molecule has 3 aromatic carbocycles. The molecule has 4 rings (SSSR count). The van der Waals surface area contributed by atoms with Crippen molar-refractivity contribution in [2.24, 2.45) is 0 Å². The lowest BCUT2D eigenvalue weighted by Gasteiger charge is -2.35. The van der Waals surface area contributed by atoms with Gasteiger partial charge >= 0.3 is 0 Å². The van der Waals surface area contributed by atoms with Gasteiger partial charge in [0.15, 0.2) is 0 Å². The van der Waals surface area contributed by atoms with Gasteiger partial charge in [0.1, 0.15) is 18.3 Å². The van der Waals surface area contributed by atoms with E-state index in [1.165, 1.54) is 4.90 Å². The van der Waals surface area contributed by atoms with Gasteiger partial charge in [-0.25, -0.2) is 8.42 Å². The zero-order valence-corrected chi connectivity index (χ0v) is 25.3. The highest BCUT2D eigenvalue weighted by Crippen LogP contribution is 2.30. The fraction of sp³-hybridized carbons (Fsp3) is 0.394. The number of benzene rings is 3. The Hall–Kier alpha value is -3.85. The number of nitrogens with zero attached hydrogens (tertiary/aromatic N) is 2. The van der Waals surface area contributed by atoms with Crippen LogP contribution in [-0.2, 0) is 32.6 Å². The van der Waals surface area contributed by atoms with E-state index in [0.29, 0.717) is 18.8 Å². The van der Waals surface area contributed by atoms with E-state index < -0.39 is 28.5 Å². The molecule has 0 bridgehead atoms. The fourth-order valence-corrected chi connectivity index (χ4v) is 6.27. The maximum absolute atomic E-state index is 14.3. The summed E-state index contributed by atoms with van der Waals surface area (Å²) in [4.78, 5) is 29.8. The van der Waals surface area contributed by atoms with Crippen molar-refractivity contribution in [3.8, 4) is 5.75 Å². The molecule has 1 atom stereocenters. The van der Waals surface area contributed by atoms with Crippen LogP contribution in [0, 0.1) is 0 Å². The molecule has 3 aromatic rings. The molecule has 8 nitrogen and oxygen atoms in total. The second kappa shape index (κ2) is 14.9. The van der Waals surface area contributed by atoms with Crippen LogP contribution in [-0.4, -0.2) is 56.6 Å². The predicted octanol–water partition coefficient (Wildman–Crippen LogP) is 4.94. The van der Waals surface area contributed by atoms with Crippen molar-refractivity contribution >= 4 is 27.5 Å². The highest BCUT2D eigenvalue weighted by atomic mass is 32.2. The summed E-state index contributed by atoms with van der Waals surface area (Å²) in [5.74, 6) is -0.338. The quantitative estimate of drug-likeness (QED) is 0.304. The Bertz CT molecular complexity index is 1410. The molecule has 1 fully saturated rings. The summed E-state index contributed by atoms with van der Waals surface area (Å²) < 4.78 is 32.9. The van der Waals surface area contributed by atoms with Crippen LogP contribution >= 0.6 is 0 Å². The topological polar surface area (TPSA) is 96.0 Å². The minimum atomic E-state index is -3.88. The second-order valence-corrected chi connectivity index (χ2v) is 12.6. The average molecular weight is 592 g/mol. The highest BCUT2D eigenvalue weighted by molar-refractivity contribution is 7.92. The summed E-state index contributed by atoms with van der Waals surface area (Å²) in [5, 5.41) is 3.22. The summed E-state index contributed by atoms with van der Waals surface area (Å²) in [7, 11) is -3.88. The maximum atomic E-state index is 14.3. The predicted molar refractivity (Wildman–Crippen MR) is 166 cm³/mol. The van der Waals surface area contributed by atoms with Crippen molar-refractivity contribution in [1.82, 2.24) is 10.2 Å². The number of carbonyl (C=O) groups excluding carboxylic acids is 2. The third-order valence-corrected chi connectivity index (χ3v) is 8.66. The van der Waals surface area contributed by atoms with E-state index in [-0.39, 0.29) is 24.2 Å². The van der Waals surface area contributed by atoms with Gasteiger partial charge in [-0.1, -0.05) is 92.1 Å². The van der Waals surface area contributed by atoms with E-state index in [1.54, 1.807) is 24.3 Å². The second-order valence-electron chi connectivity index (χ2n) is 10.7. The molecular formula is C33H41N3O5S. The number of rotatable bonds is 13. The lowest BCUT2D eigenvalue weighted by atomic mass is 9.94. The van der Waals surface area contributed by atoms with Crippen LogP contribution in [0.4, 0.5) is 5.69 Å². The number of ether oxygens (including phenoxy) is 1. The normalized spacial score (nSPS) is 14.5. The van der Waals surface area contributed by atoms with E-state index in [9.17, 15) is 18.0 Å². The molecule has 9 heteroatoms. The number of carbonyl (C=O) groups is 2. The molecule has 0 radical (unpaired) electrons. The zero-order valence-electron chi connectivity index (χ0n) is 24.4. The average Bonchev–Trinajstić information content (AvgIpc) is 2.99. The number of amides is 2. The number of hydrogen-bond acceptors (Lipinski definition) is 5. The molecule has 2 amide bonds. The van der Waals surface area contributed by atoms with Gasteiger partial charge in [-0.05, 0) is 43.0 Å². The molecule has 0 heterocycles. The van der Waals surface area contributed by atoms with Crippen LogP contribution in [0.2, 0.25) is 0 Å². The van der Waals surface area contributed by atoms with Crippen molar-refractivity contribution in [3.05, 3.63) is 96.1 Å².